The third-order valence-electron chi connectivity index (χ3n) is 1.43. The van der Waals surface area contributed by atoms with E-state index >= 15 is 0 Å². The SMILES string of the molecule is CC(C)(C)Oc1ccc(OC=O)cc1. The fourth-order valence-electron chi connectivity index (χ4n) is 0.995. The summed E-state index contributed by atoms with van der Waals surface area (Å²) in [6.07, 6.45) is 0. The Labute approximate surface area is 83.6 Å². The smallest absolute Gasteiger partial charge is 0.298 e. The number of ether oxygens (including phenoxy) is 2. The van der Waals surface area contributed by atoms with Gasteiger partial charge in [0, 0.05) is 0 Å². The van der Waals surface area contributed by atoms with Gasteiger partial charge in [0.15, 0.2) is 0 Å². The third-order valence-corrected chi connectivity index (χ3v) is 1.43. The Kier molecular flexibility index (Phi) is 3.12. The Morgan fingerprint density at radius 3 is 2.00 bits per heavy atom. The Morgan fingerprint density at radius 2 is 1.57 bits per heavy atom. The second-order valence-electron chi connectivity index (χ2n) is 3.90. The zero-order chi connectivity index (χ0) is 10.6. The number of hydrogen-bond donors (Lipinski definition) is 0. The van der Waals surface area contributed by atoms with Gasteiger partial charge >= 0.3 is 0 Å². The van der Waals surface area contributed by atoms with Crippen LogP contribution in [0.25, 0.3) is 0 Å². The molecule has 0 saturated carbocycles. The average Bonchev–Trinajstić information content (AvgIpc) is 2.06. The fraction of sp³-hybridized carbons (Fsp3) is 0.364. The van der Waals surface area contributed by atoms with Crippen LogP contribution in [-0.4, -0.2) is 12.1 Å². The van der Waals surface area contributed by atoms with E-state index in [1.807, 2.05) is 20.8 Å². The minimum Gasteiger partial charge on any atom is -0.488 e. The van der Waals surface area contributed by atoms with Gasteiger partial charge in [-0.05, 0) is 45.0 Å². The van der Waals surface area contributed by atoms with Gasteiger partial charge in [0.1, 0.15) is 17.1 Å². The molecule has 0 heterocycles. The molecule has 14 heavy (non-hydrogen) atoms. The lowest BCUT2D eigenvalue weighted by Gasteiger charge is -2.21. The summed E-state index contributed by atoms with van der Waals surface area (Å²) in [6.45, 7) is 6.33. The van der Waals surface area contributed by atoms with Gasteiger partial charge in [-0.3, -0.25) is 4.79 Å². The normalized spacial score (nSPS) is 10.8. The Hall–Kier alpha value is -1.51. The molecule has 0 aliphatic carbocycles. The molecule has 1 rings (SSSR count). The van der Waals surface area contributed by atoms with Gasteiger partial charge in [-0.2, -0.15) is 0 Å². The van der Waals surface area contributed by atoms with Gasteiger partial charge < -0.3 is 9.47 Å². The molecule has 0 bridgehead atoms. The highest BCUT2D eigenvalue weighted by Crippen LogP contribution is 2.21. The van der Waals surface area contributed by atoms with Gasteiger partial charge in [0.25, 0.3) is 6.47 Å². The second-order valence-corrected chi connectivity index (χ2v) is 3.90. The standard InChI is InChI=1S/C11H14O3/c1-11(2,3)14-10-6-4-9(5-7-10)13-8-12/h4-8H,1-3H3. The van der Waals surface area contributed by atoms with Crippen molar-refractivity contribution in [1.29, 1.82) is 0 Å². The van der Waals surface area contributed by atoms with E-state index in [-0.39, 0.29) is 5.60 Å². The quantitative estimate of drug-likeness (QED) is 0.693. The predicted molar refractivity (Wildman–Crippen MR) is 53.5 cm³/mol. The summed E-state index contributed by atoms with van der Waals surface area (Å²) in [5, 5.41) is 0. The number of rotatable bonds is 3. The zero-order valence-corrected chi connectivity index (χ0v) is 8.61. The van der Waals surface area contributed by atoms with E-state index in [0.717, 1.165) is 5.75 Å². The summed E-state index contributed by atoms with van der Waals surface area (Å²) in [5.41, 5.74) is -0.215. The minimum atomic E-state index is -0.215. The van der Waals surface area contributed by atoms with E-state index in [1.165, 1.54) is 0 Å². The number of carbonyl (C=O) groups is 1. The van der Waals surface area contributed by atoms with E-state index in [9.17, 15) is 4.79 Å². The van der Waals surface area contributed by atoms with Crippen LogP contribution in [0, 0.1) is 0 Å². The number of hydrogen-bond acceptors (Lipinski definition) is 3. The van der Waals surface area contributed by atoms with Crippen LogP contribution in [-0.2, 0) is 4.79 Å². The van der Waals surface area contributed by atoms with Crippen LogP contribution in [0.15, 0.2) is 24.3 Å². The van der Waals surface area contributed by atoms with Crippen molar-refractivity contribution in [1.82, 2.24) is 0 Å². The Morgan fingerprint density at radius 1 is 1.07 bits per heavy atom. The second kappa shape index (κ2) is 4.13. The van der Waals surface area contributed by atoms with Crippen molar-refractivity contribution in [2.45, 2.75) is 26.4 Å². The van der Waals surface area contributed by atoms with Gasteiger partial charge in [0.2, 0.25) is 0 Å². The first kappa shape index (κ1) is 10.6. The fourth-order valence-corrected chi connectivity index (χ4v) is 0.995. The topological polar surface area (TPSA) is 35.5 Å². The highest BCUT2D eigenvalue weighted by molar-refractivity contribution is 5.45. The maximum atomic E-state index is 10.0. The average molecular weight is 194 g/mol. The molecule has 1 aromatic rings. The van der Waals surface area contributed by atoms with Gasteiger partial charge in [0.05, 0.1) is 0 Å². The molecule has 0 aromatic heterocycles. The van der Waals surface area contributed by atoms with E-state index < -0.39 is 0 Å². The van der Waals surface area contributed by atoms with Crippen LogP contribution in [0.1, 0.15) is 20.8 Å². The number of benzene rings is 1. The lowest BCUT2D eigenvalue weighted by molar-refractivity contribution is -0.120. The first-order valence-electron chi connectivity index (χ1n) is 4.41. The van der Waals surface area contributed by atoms with Crippen LogP contribution >= 0.6 is 0 Å². The molecule has 0 amide bonds. The summed E-state index contributed by atoms with van der Waals surface area (Å²) >= 11 is 0. The summed E-state index contributed by atoms with van der Waals surface area (Å²) in [5.74, 6) is 1.28. The highest BCUT2D eigenvalue weighted by Gasteiger charge is 2.11. The largest absolute Gasteiger partial charge is 0.488 e. The minimum absolute atomic E-state index is 0.215. The Balaban J connectivity index is 2.68. The molecule has 0 N–H and O–H groups in total. The molecule has 0 aliphatic rings. The van der Waals surface area contributed by atoms with Crippen molar-refractivity contribution in [3.8, 4) is 11.5 Å². The maximum Gasteiger partial charge on any atom is 0.298 e. The summed E-state index contributed by atoms with van der Waals surface area (Å²) < 4.78 is 10.2. The molecule has 0 spiro atoms. The molecule has 0 atom stereocenters. The van der Waals surface area contributed by atoms with Crippen LogP contribution in [0.2, 0.25) is 0 Å². The van der Waals surface area contributed by atoms with Crippen LogP contribution < -0.4 is 9.47 Å². The van der Waals surface area contributed by atoms with Gasteiger partial charge in [-0.15, -0.1) is 0 Å². The van der Waals surface area contributed by atoms with Crippen molar-refractivity contribution in [2.75, 3.05) is 0 Å². The molecule has 3 heteroatoms. The Bertz CT molecular complexity index is 295. The van der Waals surface area contributed by atoms with Crippen LogP contribution in [0.3, 0.4) is 0 Å². The van der Waals surface area contributed by atoms with E-state index in [4.69, 9.17) is 4.74 Å². The van der Waals surface area contributed by atoms with Crippen LogP contribution in [0.4, 0.5) is 0 Å². The lowest BCUT2D eigenvalue weighted by Crippen LogP contribution is -2.22. The molecule has 3 nitrogen and oxygen atoms in total. The summed E-state index contributed by atoms with van der Waals surface area (Å²) in [7, 11) is 0. The molecule has 1 aromatic carbocycles. The van der Waals surface area contributed by atoms with E-state index in [0.29, 0.717) is 12.2 Å². The van der Waals surface area contributed by atoms with Gasteiger partial charge in [-0.25, -0.2) is 0 Å². The van der Waals surface area contributed by atoms with E-state index in [1.54, 1.807) is 24.3 Å². The van der Waals surface area contributed by atoms with Crippen LogP contribution in [0.5, 0.6) is 11.5 Å². The van der Waals surface area contributed by atoms with E-state index in [2.05, 4.69) is 4.74 Å². The number of carbonyl (C=O) groups excluding carboxylic acids is 1. The van der Waals surface area contributed by atoms with Gasteiger partial charge in [-0.1, -0.05) is 0 Å². The summed E-state index contributed by atoms with van der Waals surface area (Å²) in [4.78, 5) is 10.0. The first-order chi connectivity index (χ1) is 6.51. The predicted octanol–water partition coefficient (Wildman–Crippen LogP) is 2.40. The van der Waals surface area contributed by atoms with Crippen molar-refractivity contribution >= 4 is 6.47 Å². The molecule has 0 unspecified atom stereocenters. The summed E-state index contributed by atoms with van der Waals surface area (Å²) in [6, 6.07) is 6.92. The van der Waals surface area contributed by atoms with Crippen molar-refractivity contribution in [2.24, 2.45) is 0 Å². The van der Waals surface area contributed by atoms with Crippen molar-refractivity contribution in [3.05, 3.63) is 24.3 Å². The molecule has 0 saturated heterocycles. The maximum absolute atomic E-state index is 10.0. The lowest BCUT2D eigenvalue weighted by atomic mass is 10.2. The molecular formula is C11H14O3. The molecule has 76 valence electrons. The molecular weight excluding hydrogens is 180 g/mol. The zero-order valence-electron chi connectivity index (χ0n) is 8.61. The molecule has 0 radical (unpaired) electrons. The highest BCUT2D eigenvalue weighted by atomic mass is 16.5. The molecule has 0 aliphatic heterocycles. The van der Waals surface area contributed by atoms with Crippen molar-refractivity contribution in [3.63, 3.8) is 0 Å². The monoisotopic (exact) mass is 194 g/mol. The first-order valence-corrected chi connectivity index (χ1v) is 4.41. The van der Waals surface area contributed by atoms with Crippen molar-refractivity contribution < 1.29 is 14.3 Å². The third kappa shape index (κ3) is 3.47. The molecule has 0 fully saturated rings.